The third-order valence-electron chi connectivity index (χ3n) is 3.79. The monoisotopic (exact) mass is 299 g/mol. The van der Waals surface area contributed by atoms with E-state index in [1.54, 1.807) is 25.0 Å². The lowest BCUT2D eigenvalue weighted by Gasteiger charge is -2.13. The zero-order valence-electron chi connectivity index (χ0n) is 13.0. The highest BCUT2D eigenvalue weighted by Gasteiger charge is 2.13. The van der Waals surface area contributed by atoms with Crippen molar-refractivity contribution in [1.29, 1.82) is 0 Å². The summed E-state index contributed by atoms with van der Waals surface area (Å²) in [6.07, 6.45) is 4.82. The molecule has 0 atom stereocenters. The average molecular weight is 299 g/mol. The van der Waals surface area contributed by atoms with Gasteiger partial charge in [-0.05, 0) is 13.8 Å². The molecule has 0 fully saturated rings. The number of ether oxygens (including phenoxy) is 1. The molecule has 114 valence electrons. The fourth-order valence-electron chi connectivity index (χ4n) is 2.57. The van der Waals surface area contributed by atoms with Gasteiger partial charge in [0.2, 0.25) is 0 Å². The molecule has 0 radical (unpaired) electrons. The van der Waals surface area contributed by atoms with E-state index >= 15 is 0 Å². The molecule has 0 unspecified atom stereocenters. The van der Waals surface area contributed by atoms with Gasteiger partial charge in [-0.25, -0.2) is 4.98 Å². The average Bonchev–Trinajstić information content (AvgIpc) is 2.87. The van der Waals surface area contributed by atoms with Crippen LogP contribution in [0.2, 0.25) is 0 Å². The SMILES string of the molecule is COc1c(C)cnc(Cn2cnc3c(cnn3C)c2=O)c1C. The summed E-state index contributed by atoms with van der Waals surface area (Å²) in [6, 6.07) is 0. The maximum atomic E-state index is 12.5. The number of methoxy groups -OCH3 is 1. The number of aryl methyl sites for hydroxylation is 2. The molecule has 0 amide bonds. The van der Waals surface area contributed by atoms with Crippen molar-refractivity contribution in [3.05, 3.63) is 45.9 Å². The smallest absolute Gasteiger partial charge is 0.264 e. The second-order valence-corrected chi connectivity index (χ2v) is 5.23. The fourth-order valence-corrected chi connectivity index (χ4v) is 2.57. The molecule has 3 aromatic rings. The molecule has 0 saturated carbocycles. The summed E-state index contributed by atoms with van der Waals surface area (Å²) in [4.78, 5) is 21.2. The van der Waals surface area contributed by atoms with E-state index in [0.29, 0.717) is 17.6 Å². The minimum Gasteiger partial charge on any atom is -0.496 e. The van der Waals surface area contributed by atoms with Gasteiger partial charge in [0.1, 0.15) is 17.5 Å². The van der Waals surface area contributed by atoms with Gasteiger partial charge in [0, 0.05) is 24.4 Å². The van der Waals surface area contributed by atoms with Crippen molar-refractivity contribution >= 4 is 11.0 Å². The lowest BCUT2D eigenvalue weighted by molar-refractivity contribution is 0.406. The van der Waals surface area contributed by atoms with Crippen molar-refractivity contribution in [2.75, 3.05) is 7.11 Å². The van der Waals surface area contributed by atoms with Crippen LogP contribution in [-0.4, -0.2) is 31.4 Å². The van der Waals surface area contributed by atoms with E-state index in [0.717, 1.165) is 22.6 Å². The van der Waals surface area contributed by atoms with E-state index in [2.05, 4.69) is 15.1 Å². The van der Waals surface area contributed by atoms with Crippen LogP contribution in [0.5, 0.6) is 5.75 Å². The molecule has 3 heterocycles. The Balaban J connectivity index is 2.07. The van der Waals surface area contributed by atoms with E-state index in [1.165, 1.54) is 17.1 Å². The first kappa shape index (κ1) is 14.2. The summed E-state index contributed by atoms with van der Waals surface area (Å²) < 4.78 is 8.52. The van der Waals surface area contributed by atoms with Crippen molar-refractivity contribution < 1.29 is 4.74 Å². The molecule has 0 aliphatic rings. The van der Waals surface area contributed by atoms with Crippen LogP contribution in [0.1, 0.15) is 16.8 Å². The molecule has 0 aromatic carbocycles. The molecular formula is C15H17N5O2. The first-order valence-electron chi connectivity index (χ1n) is 6.89. The van der Waals surface area contributed by atoms with E-state index in [4.69, 9.17) is 4.74 Å². The Hall–Kier alpha value is -2.70. The largest absolute Gasteiger partial charge is 0.496 e. The third kappa shape index (κ3) is 2.14. The molecule has 3 rings (SSSR count). The molecule has 7 nitrogen and oxygen atoms in total. The third-order valence-corrected chi connectivity index (χ3v) is 3.79. The van der Waals surface area contributed by atoms with Crippen LogP contribution in [0.15, 0.2) is 23.5 Å². The first-order valence-corrected chi connectivity index (χ1v) is 6.89. The van der Waals surface area contributed by atoms with Gasteiger partial charge >= 0.3 is 0 Å². The highest BCUT2D eigenvalue weighted by Crippen LogP contribution is 2.24. The van der Waals surface area contributed by atoms with Crippen molar-refractivity contribution in [3.63, 3.8) is 0 Å². The summed E-state index contributed by atoms with van der Waals surface area (Å²) in [7, 11) is 3.39. The minimum absolute atomic E-state index is 0.126. The van der Waals surface area contributed by atoms with Crippen molar-refractivity contribution in [2.24, 2.45) is 7.05 Å². The first-order chi connectivity index (χ1) is 10.5. The zero-order chi connectivity index (χ0) is 15.9. The quantitative estimate of drug-likeness (QED) is 0.726. The predicted molar refractivity (Wildman–Crippen MR) is 82.1 cm³/mol. The van der Waals surface area contributed by atoms with Gasteiger partial charge in [-0.1, -0.05) is 0 Å². The van der Waals surface area contributed by atoms with E-state index in [9.17, 15) is 4.79 Å². The van der Waals surface area contributed by atoms with Gasteiger partial charge in [-0.3, -0.25) is 19.0 Å². The van der Waals surface area contributed by atoms with Crippen molar-refractivity contribution in [2.45, 2.75) is 20.4 Å². The summed E-state index contributed by atoms with van der Waals surface area (Å²) in [6.45, 7) is 4.23. The van der Waals surface area contributed by atoms with Crippen molar-refractivity contribution in [3.8, 4) is 5.75 Å². The van der Waals surface area contributed by atoms with E-state index < -0.39 is 0 Å². The summed E-state index contributed by atoms with van der Waals surface area (Å²) in [5.74, 6) is 0.800. The molecular weight excluding hydrogens is 282 g/mol. The standard InChI is InChI=1S/C15H17N5O2/c1-9-5-16-12(10(2)13(9)22-4)7-20-8-17-14-11(15(20)21)6-18-19(14)3/h5-6,8H,7H2,1-4H3. The number of rotatable bonds is 3. The van der Waals surface area contributed by atoms with E-state index in [1.807, 2.05) is 13.8 Å². The number of hydrogen-bond acceptors (Lipinski definition) is 5. The Kier molecular flexibility index (Phi) is 3.40. The molecule has 0 spiro atoms. The van der Waals surface area contributed by atoms with Crippen LogP contribution < -0.4 is 10.3 Å². The maximum absolute atomic E-state index is 12.5. The molecule has 0 N–H and O–H groups in total. The Morgan fingerprint density at radius 1 is 1.23 bits per heavy atom. The maximum Gasteiger partial charge on any atom is 0.264 e. The number of nitrogens with zero attached hydrogens (tertiary/aromatic N) is 5. The topological polar surface area (TPSA) is 74.8 Å². The Morgan fingerprint density at radius 3 is 2.73 bits per heavy atom. The molecule has 22 heavy (non-hydrogen) atoms. The van der Waals surface area contributed by atoms with Gasteiger partial charge < -0.3 is 4.74 Å². The van der Waals surface area contributed by atoms with Gasteiger partial charge in [0.25, 0.3) is 5.56 Å². The highest BCUT2D eigenvalue weighted by atomic mass is 16.5. The lowest BCUT2D eigenvalue weighted by Crippen LogP contribution is -2.22. The minimum atomic E-state index is -0.126. The Bertz CT molecular complexity index is 910. The van der Waals surface area contributed by atoms with Gasteiger partial charge in [-0.15, -0.1) is 0 Å². The predicted octanol–water partition coefficient (Wildman–Crippen LogP) is 1.20. The lowest BCUT2D eigenvalue weighted by atomic mass is 10.1. The summed E-state index contributed by atoms with van der Waals surface area (Å²) in [5, 5.41) is 4.57. The van der Waals surface area contributed by atoms with Crippen LogP contribution in [0.25, 0.3) is 11.0 Å². The molecule has 0 aliphatic heterocycles. The summed E-state index contributed by atoms with van der Waals surface area (Å²) in [5.41, 5.74) is 3.14. The second-order valence-electron chi connectivity index (χ2n) is 5.23. The highest BCUT2D eigenvalue weighted by molar-refractivity contribution is 5.72. The number of hydrogen-bond donors (Lipinski definition) is 0. The Labute approximate surface area is 127 Å². The molecule has 0 aliphatic carbocycles. The number of pyridine rings is 1. The molecule has 0 saturated heterocycles. The zero-order valence-corrected chi connectivity index (χ0v) is 13.0. The summed E-state index contributed by atoms with van der Waals surface area (Å²) >= 11 is 0. The second kappa shape index (κ2) is 5.25. The molecule has 0 bridgehead atoms. The number of aromatic nitrogens is 5. The van der Waals surface area contributed by atoms with Crippen LogP contribution in [0.3, 0.4) is 0 Å². The van der Waals surface area contributed by atoms with Crippen LogP contribution in [0, 0.1) is 13.8 Å². The molecule has 3 aromatic heterocycles. The van der Waals surface area contributed by atoms with Crippen LogP contribution in [0.4, 0.5) is 0 Å². The van der Waals surface area contributed by atoms with Crippen molar-refractivity contribution in [1.82, 2.24) is 24.3 Å². The molecule has 7 heteroatoms. The normalized spacial score (nSPS) is 11.1. The van der Waals surface area contributed by atoms with E-state index in [-0.39, 0.29) is 5.56 Å². The van der Waals surface area contributed by atoms with Gasteiger partial charge in [0.15, 0.2) is 5.65 Å². The number of fused-ring (bicyclic) bond motifs is 1. The van der Waals surface area contributed by atoms with Crippen LogP contribution in [-0.2, 0) is 13.6 Å². The van der Waals surface area contributed by atoms with Gasteiger partial charge in [-0.2, -0.15) is 5.10 Å². The van der Waals surface area contributed by atoms with Crippen LogP contribution >= 0.6 is 0 Å². The fraction of sp³-hybridized carbons (Fsp3) is 0.333. The Morgan fingerprint density at radius 2 is 2.00 bits per heavy atom. The van der Waals surface area contributed by atoms with Gasteiger partial charge in [0.05, 0.1) is 25.5 Å².